The second-order valence-corrected chi connectivity index (χ2v) is 3.53. The van der Waals surface area contributed by atoms with Gasteiger partial charge in [-0.1, -0.05) is 11.6 Å². The first-order chi connectivity index (χ1) is 7.21. The summed E-state index contributed by atoms with van der Waals surface area (Å²) in [7, 11) is 1.03. The average molecular weight is 254 g/mol. The molecule has 0 N–H and O–H groups in total. The van der Waals surface area contributed by atoms with Crippen molar-refractivity contribution in [1.29, 1.82) is 0 Å². The van der Waals surface area contributed by atoms with Gasteiger partial charge in [-0.15, -0.1) is 0 Å². The molecule has 1 rings (SSSR count). The SMILES string of the molecule is CC(=O)c1c(Cl)c(C=O)n(C)c1C(F)(F)F. The van der Waals surface area contributed by atoms with Crippen LogP contribution in [0.1, 0.15) is 33.5 Å². The zero-order valence-electron chi connectivity index (χ0n) is 8.35. The maximum atomic E-state index is 12.7. The maximum Gasteiger partial charge on any atom is 0.432 e. The fourth-order valence-electron chi connectivity index (χ4n) is 1.45. The van der Waals surface area contributed by atoms with Gasteiger partial charge in [-0.05, 0) is 6.92 Å². The van der Waals surface area contributed by atoms with Gasteiger partial charge in [0.05, 0.1) is 10.6 Å². The van der Waals surface area contributed by atoms with Gasteiger partial charge in [0.2, 0.25) is 0 Å². The molecule has 3 nitrogen and oxygen atoms in total. The van der Waals surface area contributed by atoms with E-state index in [2.05, 4.69) is 0 Å². The van der Waals surface area contributed by atoms with Crippen LogP contribution in [0, 0.1) is 0 Å². The number of rotatable bonds is 2. The van der Waals surface area contributed by atoms with Gasteiger partial charge in [0.25, 0.3) is 0 Å². The van der Waals surface area contributed by atoms with Crippen molar-refractivity contribution in [1.82, 2.24) is 4.57 Å². The zero-order valence-corrected chi connectivity index (χ0v) is 9.11. The monoisotopic (exact) mass is 253 g/mol. The third kappa shape index (κ3) is 1.84. The van der Waals surface area contributed by atoms with Gasteiger partial charge in [0.15, 0.2) is 12.1 Å². The fraction of sp³-hybridized carbons (Fsp3) is 0.333. The normalized spacial score (nSPS) is 11.6. The summed E-state index contributed by atoms with van der Waals surface area (Å²) in [6, 6.07) is 0. The number of Topliss-reactive ketones (excluding diaryl/α,β-unsaturated/α-hetero) is 1. The summed E-state index contributed by atoms with van der Waals surface area (Å²) < 4.78 is 38.5. The van der Waals surface area contributed by atoms with Crippen molar-refractivity contribution in [3.63, 3.8) is 0 Å². The third-order valence-corrected chi connectivity index (χ3v) is 2.49. The number of aldehydes is 1. The molecule has 16 heavy (non-hydrogen) atoms. The Morgan fingerprint density at radius 2 is 1.94 bits per heavy atom. The van der Waals surface area contributed by atoms with Crippen LogP contribution in [0.5, 0.6) is 0 Å². The van der Waals surface area contributed by atoms with Gasteiger partial charge in [0, 0.05) is 7.05 Å². The number of ketones is 1. The molecule has 0 aliphatic heterocycles. The molecule has 0 unspecified atom stereocenters. The average Bonchev–Trinajstić information content (AvgIpc) is 2.36. The number of aromatic nitrogens is 1. The first-order valence-electron chi connectivity index (χ1n) is 4.13. The van der Waals surface area contributed by atoms with Gasteiger partial charge in [-0.25, -0.2) is 0 Å². The van der Waals surface area contributed by atoms with E-state index >= 15 is 0 Å². The fourth-order valence-corrected chi connectivity index (χ4v) is 1.85. The van der Waals surface area contributed by atoms with E-state index < -0.39 is 28.2 Å². The molecule has 7 heteroatoms. The highest BCUT2D eigenvalue weighted by molar-refractivity contribution is 6.36. The topological polar surface area (TPSA) is 39.1 Å². The molecule has 0 aliphatic rings. The van der Waals surface area contributed by atoms with E-state index in [0.717, 1.165) is 14.0 Å². The highest BCUT2D eigenvalue weighted by Crippen LogP contribution is 2.38. The predicted octanol–water partition coefficient (Wildman–Crippen LogP) is 2.71. The molecule has 1 aromatic heterocycles. The Hall–Kier alpha value is -1.30. The predicted molar refractivity (Wildman–Crippen MR) is 50.8 cm³/mol. The summed E-state index contributed by atoms with van der Waals surface area (Å²) in [6.45, 7) is 0.963. The standard InChI is InChI=1S/C9H7ClF3NO2/c1-4(16)6-7(10)5(3-15)14(2)8(6)9(11,12)13/h3H,1-2H3. The van der Waals surface area contributed by atoms with Crippen LogP contribution in [-0.4, -0.2) is 16.6 Å². The summed E-state index contributed by atoms with van der Waals surface area (Å²) >= 11 is 5.56. The Balaban J connectivity index is 3.71. The molecule has 0 saturated carbocycles. The van der Waals surface area contributed by atoms with Gasteiger partial charge in [-0.2, -0.15) is 13.2 Å². The second kappa shape index (κ2) is 3.93. The number of carbonyl (C=O) groups is 2. The number of hydrogen-bond acceptors (Lipinski definition) is 2. The second-order valence-electron chi connectivity index (χ2n) is 3.15. The Kier molecular flexibility index (Phi) is 3.14. The van der Waals surface area contributed by atoms with Crippen LogP contribution in [0.2, 0.25) is 5.02 Å². The number of carbonyl (C=O) groups excluding carboxylic acids is 2. The largest absolute Gasteiger partial charge is 0.432 e. The van der Waals surface area contributed by atoms with Crippen molar-refractivity contribution < 1.29 is 22.8 Å². The zero-order chi connectivity index (χ0) is 12.7. The van der Waals surface area contributed by atoms with Crippen LogP contribution in [-0.2, 0) is 13.2 Å². The first kappa shape index (κ1) is 12.8. The number of hydrogen-bond donors (Lipinski definition) is 0. The van der Waals surface area contributed by atoms with Crippen molar-refractivity contribution in [2.45, 2.75) is 13.1 Å². The summed E-state index contributed by atoms with van der Waals surface area (Å²) in [4.78, 5) is 21.7. The molecule has 0 amide bonds. The lowest BCUT2D eigenvalue weighted by atomic mass is 10.1. The van der Waals surface area contributed by atoms with E-state index in [1.165, 1.54) is 0 Å². The first-order valence-corrected chi connectivity index (χ1v) is 4.51. The highest BCUT2D eigenvalue weighted by atomic mass is 35.5. The van der Waals surface area contributed by atoms with Gasteiger partial charge < -0.3 is 4.57 Å². The van der Waals surface area contributed by atoms with Gasteiger partial charge in [-0.3, -0.25) is 9.59 Å². The smallest absolute Gasteiger partial charge is 0.336 e. The molecule has 0 bridgehead atoms. The minimum atomic E-state index is -4.74. The quantitative estimate of drug-likeness (QED) is 0.600. The summed E-state index contributed by atoms with van der Waals surface area (Å²) in [5.74, 6) is -0.832. The lowest BCUT2D eigenvalue weighted by Crippen LogP contribution is -2.15. The number of halogens is 4. The van der Waals surface area contributed by atoms with Crippen molar-refractivity contribution in [2.24, 2.45) is 7.05 Å². The van der Waals surface area contributed by atoms with Crippen LogP contribution < -0.4 is 0 Å². The van der Waals surface area contributed by atoms with Crippen molar-refractivity contribution in [3.8, 4) is 0 Å². The summed E-state index contributed by atoms with van der Waals surface area (Å²) in [6.07, 6.45) is -4.55. The van der Waals surface area contributed by atoms with Crippen molar-refractivity contribution in [3.05, 3.63) is 22.0 Å². The molecule has 0 aromatic carbocycles. The minimum Gasteiger partial charge on any atom is -0.336 e. The molecular weight excluding hydrogens is 247 g/mol. The van der Waals surface area contributed by atoms with Crippen molar-refractivity contribution in [2.75, 3.05) is 0 Å². The van der Waals surface area contributed by atoms with E-state index in [1.807, 2.05) is 0 Å². The van der Waals surface area contributed by atoms with Crippen molar-refractivity contribution >= 4 is 23.7 Å². The van der Waals surface area contributed by atoms with E-state index in [1.54, 1.807) is 0 Å². The molecule has 0 fully saturated rings. The Morgan fingerprint density at radius 3 is 2.19 bits per heavy atom. The number of alkyl halides is 3. The molecule has 1 aromatic rings. The lowest BCUT2D eigenvalue weighted by Gasteiger charge is -2.09. The molecule has 88 valence electrons. The van der Waals surface area contributed by atoms with Crippen LogP contribution in [0.4, 0.5) is 13.2 Å². The van der Waals surface area contributed by atoms with Gasteiger partial charge >= 0.3 is 6.18 Å². The van der Waals surface area contributed by atoms with Crippen LogP contribution in [0.25, 0.3) is 0 Å². The Morgan fingerprint density at radius 1 is 1.44 bits per heavy atom. The van der Waals surface area contributed by atoms with E-state index in [9.17, 15) is 22.8 Å². The van der Waals surface area contributed by atoms with Gasteiger partial charge in [0.1, 0.15) is 11.4 Å². The van der Waals surface area contributed by atoms with E-state index in [-0.39, 0.29) is 12.0 Å². The number of nitrogens with zero attached hydrogens (tertiary/aromatic N) is 1. The molecule has 1 heterocycles. The molecular formula is C9H7ClF3NO2. The summed E-state index contributed by atoms with van der Waals surface area (Å²) in [5, 5.41) is -0.461. The molecule has 0 spiro atoms. The Bertz CT molecular complexity index is 462. The Labute approximate surface area is 93.8 Å². The molecule has 0 radical (unpaired) electrons. The maximum absolute atomic E-state index is 12.7. The highest BCUT2D eigenvalue weighted by Gasteiger charge is 2.40. The third-order valence-electron chi connectivity index (χ3n) is 2.11. The van der Waals surface area contributed by atoms with E-state index in [4.69, 9.17) is 11.6 Å². The van der Waals surface area contributed by atoms with Crippen LogP contribution in [0.15, 0.2) is 0 Å². The molecule has 0 atom stereocenters. The van der Waals surface area contributed by atoms with E-state index in [0.29, 0.717) is 4.57 Å². The lowest BCUT2D eigenvalue weighted by molar-refractivity contribution is -0.143. The molecule has 0 saturated heterocycles. The summed E-state index contributed by atoms with van der Waals surface area (Å²) in [5.41, 5.74) is -2.23. The minimum absolute atomic E-state index is 0.185. The van der Waals surface area contributed by atoms with Crippen LogP contribution >= 0.6 is 11.6 Å². The molecule has 0 aliphatic carbocycles. The van der Waals surface area contributed by atoms with Crippen LogP contribution in [0.3, 0.4) is 0 Å².